The minimum absolute atomic E-state index is 0.190. The second-order valence-electron chi connectivity index (χ2n) is 4.16. The van der Waals surface area contributed by atoms with E-state index in [1.54, 1.807) is 36.4 Å². The van der Waals surface area contributed by atoms with Crippen LogP contribution < -0.4 is 5.32 Å². The van der Waals surface area contributed by atoms with Gasteiger partial charge >= 0.3 is 0 Å². The number of nitrogens with zero attached hydrogens (tertiary/aromatic N) is 1. The molecule has 0 radical (unpaired) electrons. The molecule has 0 saturated heterocycles. The molecule has 0 aliphatic rings. The number of nitriles is 1. The highest BCUT2D eigenvalue weighted by molar-refractivity contribution is 9.10. The Morgan fingerprint density at radius 1 is 1.30 bits per heavy atom. The van der Waals surface area contributed by atoms with E-state index < -0.39 is 0 Å². The Morgan fingerprint density at radius 3 is 2.80 bits per heavy atom. The lowest BCUT2D eigenvalue weighted by atomic mass is 10.1. The third-order valence-electron chi connectivity index (χ3n) is 2.71. The fourth-order valence-corrected chi connectivity index (χ4v) is 2.58. The highest BCUT2D eigenvalue weighted by Gasteiger charge is 2.09. The second-order valence-corrected chi connectivity index (χ2v) is 5.55. The van der Waals surface area contributed by atoms with Crippen LogP contribution >= 0.6 is 28.6 Å². The minimum atomic E-state index is -0.190. The lowest BCUT2D eigenvalue weighted by Crippen LogP contribution is -2.23. The van der Waals surface area contributed by atoms with E-state index in [1.807, 2.05) is 6.07 Å². The van der Waals surface area contributed by atoms with Crippen LogP contribution in [0, 0.1) is 11.3 Å². The number of amides is 1. The van der Waals surface area contributed by atoms with Crippen LogP contribution in [-0.4, -0.2) is 5.91 Å². The van der Waals surface area contributed by atoms with Gasteiger partial charge in [-0.2, -0.15) is 5.26 Å². The molecule has 0 atom stereocenters. The molecule has 3 nitrogen and oxygen atoms in total. The summed E-state index contributed by atoms with van der Waals surface area (Å²) in [5.41, 5.74) is 1.98. The van der Waals surface area contributed by atoms with E-state index in [4.69, 9.17) is 5.26 Å². The van der Waals surface area contributed by atoms with Gasteiger partial charge in [0.1, 0.15) is 0 Å². The first-order valence-electron chi connectivity index (χ1n) is 5.86. The molecule has 20 heavy (non-hydrogen) atoms. The Bertz CT molecular complexity index is 695. The number of halogens is 1. The van der Waals surface area contributed by atoms with Crippen LogP contribution in [0.2, 0.25) is 0 Å². The van der Waals surface area contributed by atoms with Gasteiger partial charge in [-0.1, -0.05) is 28.1 Å². The van der Waals surface area contributed by atoms with Crippen LogP contribution in [-0.2, 0) is 6.54 Å². The summed E-state index contributed by atoms with van der Waals surface area (Å²) in [5.74, 6) is -0.190. The molecule has 0 bridgehead atoms. The van der Waals surface area contributed by atoms with Gasteiger partial charge in [0.05, 0.1) is 17.2 Å². The number of nitrogens with one attached hydrogen (secondary N) is 1. The Hall–Kier alpha value is -1.77. The average Bonchev–Trinajstić information content (AvgIpc) is 2.45. The molecule has 0 aromatic heterocycles. The van der Waals surface area contributed by atoms with Crippen LogP contribution in [0.25, 0.3) is 0 Å². The van der Waals surface area contributed by atoms with Gasteiger partial charge in [0.15, 0.2) is 0 Å². The van der Waals surface area contributed by atoms with Crippen molar-refractivity contribution in [2.24, 2.45) is 0 Å². The molecule has 0 aliphatic heterocycles. The van der Waals surface area contributed by atoms with Gasteiger partial charge in [-0.25, -0.2) is 0 Å². The second kappa shape index (κ2) is 6.60. The number of hydrogen-bond acceptors (Lipinski definition) is 3. The number of carbonyl (C=O) groups is 1. The predicted octanol–water partition coefficient (Wildman–Crippen LogP) is 3.54. The minimum Gasteiger partial charge on any atom is -0.348 e. The average molecular weight is 347 g/mol. The molecule has 2 aromatic carbocycles. The zero-order chi connectivity index (χ0) is 14.5. The molecule has 2 aromatic rings. The highest BCUT2D eigenvalue weighted by atomic mass is 79.9. The lowest BCUT2D eigenvalue weighted by molar-refractivity contribution is 0.0948. The zero-order valence-electron chi connectivity index (χ0n) is 10.4. The summed E-state index contributed by atoms with van der Waals surface area (Å²) in [6.07, 6.45) is 0. The first-order chi connectivity index (χ1) is 9.60. The van der Waals surface area contributed by atoms with E-state index in [-0.39, 0.29) is 5.91 Å². The summed E-state index contributed by atoms with van der Waals surface area (Å²) < 4.78 is 0.876. The van der Waals surface area contributed by atoms with Crippen LogP contribution in [0.1, 0.15) is 21.5 Å². The van der Waals surface area contributed by atoms with E-state index in [0.29, 0.717) is 22.6 Å². The van der Waals surface area contributed by atoms with Crippen LogP contribution in [0.5, 0.6) is 0 Å². The normalized spacial score (nSPS) is 9.85. The lowest BCUT2D eigenvalue weighted by Gasteiger charge is -2.08. The van der Waals surface area contributed by atoms with Crippen LogP contribution in [0.15, 0.2) is 51.8 Å². The molecule has 0 fully saturated rings. The van der Waals surface area contributed by atoms with Gasteiger partial charge < -0.3 is 5.32 Å². The summed E-state index contributed by atoms with van der Waals surface area (Å²) in [7, 11) is 0. The molecule has 0 saturated carbocycles. The van der Waals surface area contributed by atoms with Crippen molar-refractivity contribution in [3.63, 3.8) is 0 Å². The molecule has 5 heteroatoms. The molecule has 2 rings (SSSR count). The molecule has 0 heterocycles. The topological polar surface area (TPSA) is 52.9 Å². The van der Waals surface area contributed by atoms with Crippen LogP contribution in [0.4, 0.5) is 0 Å². The number of carbonyl (C=O) groups excluding carboxylic acids is 1. The van der Waals surface area contributed by atoms with E-state index in [9.17, 15) is 4.79 Å². The zero-order valence-corrected chi connectivity index (χ0v) is 12.9. The Kier molecular flexibility index (Phi) is 4.83. The first-order valence-corrected chi connectivity index (χ1v) is 7.10. The maximum atomic E-state index is 12.1. The smallest absolute Gasteiger partial charge is 0.252 e. The Labute approximate surface area is 131 Å². The monoisotopic (exact) mass is 346 g/mol. The van der Waals surface area contributed by atoms with Crippen molar-refractivity contribution in [3.05, 3.63) is 63.6 Å². The maximum absolute atomic E-state index is 12.1. The van der Waals surface area contributed by atoms with Gasteiger partial charge in [0.25, 0.3) is 5.91 Å². The van der Waals surface area contributed by atoms with Crippen molar-refractivity contribution >= 4 is 34.5 Å². The van der Waals surface area contributed by atoms with Crippen molar-refractivity contribution in [3.8, 4) is 6.07 Å². The molecule has 0 unspecified atom stereocenters. The quantitative estimate of drug-likeness (QED) is 0.835. The van der Waals surface area contributed by atoms with Crippen molar-refractivity contribution < 1.29 is 4.79 Å². The number of thiol groups is 1. The van der Waals surface area contributed by atoms with E-state index in [0.717, 1.165) is 10.0 Å². The van der Waals surface area contributed by atoms with Gasteiger partial charge in [0, 0.05) is 15.9 Å². The third kappa shape index (κ3) is 3.62. The summed E-state index contributed by atoms with van der Waals surface area (Å²) in [4.78, 5) is 12.7. The summed E-state index contributed by atoms with van der Waals surface area (Å²) in [6.45, 7) is 0.373. The van der Waals surface area contributed by atoms with Gasteiger partial charge in [-0.3, -0.25) is 4.79 Å². The maximum Gasteiger partial charge on any atom is 0.252 e. The summed E-state index contributed by atoms with van der Waals surface area (Å²) in [5, 5.41) is 11.6. The fourth-order valence-electron chi connectivity index (χ4n) is 1.73. The number of hydrogen-bond donors (Lipinski definition) is 2. The molecule has 1 amide bonds. The van der Waals surface area contributed by atoms with Crippen molar-refractivity contribution in [1.82, 2.24) is 5.32 Å². The summed E-state index contributed by atoms with van der Waals surface area (Å²) in [6, 6.07) is 14.5. The molecule has 100 valence electrons. The van der Waals surface area contributed by atoms with Crippen molar-refractivity contribution in [2.45, 2.75) is 11.4 Å². The molecule has 1 N–H and O–H groups in total. The summed E-state index contributed by atoms with van der Waals surface area (Å²) >= 11 is 7.61. The van der Waals surface area contributed by atoms with Gasteiger partial charge in [0.2, 0.25) is 0 Å². The first kappa shape index (κ1) is 14.6. The predicted molar refractivity (Wildman–Crippen MR) is 83.7 cm³/mol. The van der Waals surface area contributed by atoms with E-state index >= 15 is 0 Å². The highest BCUT2D eigenvalue weighted by Crippen LogP contribution is 2.19. The standard InChI is InChI=1S/C15H11BrN2OS/c16-12-4-5-13(14(20)7-12)15(19)18-9-11-3-1-2-10(6-11)8-17/h1-7,20H,9H2,(H,18,19). The number of rotatable bonds is 3. The van der Waals surface area contributed by atoms with Crippen LogP contribution in [0.3, 0.4) is 0 Å². The SMILES string of the molecule is N#Cc1cccc(CNC(=O)c2ccc(Br)cc2S)c1. The molecule has 0 spiro atoms. The van der Waals surface area contributed by atoms with Gasteiger partial charge in [-0.05, 0) is 35.9 Å². The Morgan fingerprint density at radius 2 is 2.10 bits per heavy atom. The van der Waals surface area contributed by atoms with Crippen molar-refractivity contribution in [2.75, 3.05) is 0 Å². The van der Waals surface area contributed by atoms with E-state index in [2.05, 4.69) is 39.9 Å². The molecule has 0 aliphatic carbocycles. The van der Waals surface area contributed by atoms with Gasteiger partial charge in [-0.15, -0.1) is 12.6 Å². The molecular formula is C15H11BrN2OS. The van der Waals surface area contributed by atoms with E-state index in [1.165, 1.54) is 0 Å². The largest absolute Gasteiger partial charge is 0.348 e. The van der Waals surface area contributed by atoms with Crippen molar-refractivity contribution in [1.29, 1.82) is 5.26 Å². The third-order valence-corrected chi connectivity index (χ3v) is 3.58. The fraction of sp³-hybridized carbons (Fsp3) is 0.0667. The molecular weight excluding hydrogens is 336 g/mol. The number of benzene rings is 2. The Balaban J connectivity index is 2.07.